The number of anilines is 1. The molecule has 0 aliphatic carbocycles. The molecule has 2 aromatic rings. The molecule has 2 heterocycles. The van der Waals surface area contributed by atoms with E-state index in [4.69, 9.17) is 0 Å². The van der Waals surface area contributed by atoms with Crippen molar-refractivity contribution < 1.29 is 9.59 Å². The van der Waals surface area contributed by atoms with Gasteiger partial charge >= 0.3 is 0 Å². The molecule has 1 aliphatic heterocycles. The molecule has 1 saturated heterocycles. The van der Waals surface area contributed by atoms with E-state index in [0.717, 1.165) is 11.3 Å². The Labute approximate surface area is 193 Å². The quantitative estimate of drug-likeness (QED) is 0.368. The Bertz CT molecular complexity index is 908. The van der Waals surface area contributed by atoms with Crippen LogP contribution in [0.25, 0.3) is 0 Å². The lowest BCUT2D eigenvalue weighted by molar-refractivity contribution is -0.120. The summed E-state index contributed by atoms with van der Waals surface area (Å²) >= 11 is 0. The lowest BCUT2D eigenvalue weighted by atomic mass is 10.1. The summed E-state index contributed by atoms with van der Waals surface area (Å²) in [4.78, 5) is 34.1. The highest BCUT2D eigenvalue weighted by Crippen LogP contribution is 2.16. The second kappa shape index (κ2) is 10.4. The number of carbonyl (C=O) groups is 2. The minimum absolute atomic E-state index is 0. The number of halogens is 1. The zero-order chi connectivity index (χ0) is 21.0. The number of hydrogen-bond donors (Lipinski definition) is 1. The van der Waals surface area contributed by atoms with Gasteiger partial charge in [-0.25, -0.2) is 0 Å². The van der Waals surface area contributed by atoms with Crippen molar-refractivity contribution in [3.63, 3.8) is 0 Å². The lowest BCUT2D eigenvalue weighted by Gasteiger charge is -2.35. The summed E-state index contributed by atoms with van der Waals surface area (Å²) in [6, 6.07) is 7.47. The molecule has 1 aromatic carbocycles. The number of aliphatic imine (C=N–C) groups is 1. The Morgan fingerprint density at radius 3 is 2.47 bits per heavy atom. The molecule has 0 bridgehead atoms. The van der Waals surface area contributed by atoms with Crippen LogP contribution in [0.1, 0.15) is 15.9 Å². The van der Waals surface area contributed by atoms with Crippen LogP contribution in [-0.2, 0) is 18.4 Å². The molecule has 1 aliphatic rings. The highest BCUT2D eigenvalue weighted by molar-refractivity contribution is 14.0. The molecule has 0 saturated carbocycles. The van der Waals surface area contributed by atoms with Gasteiger partial charge in [-0.2, -0.15) is 5.10 Å². The van der Waals surface area contributed by atoms with Crippen molar-refractivity contribution >= 4 is 47.4 Å². The van der Waals surface area contributed by atoms with Gasteiger partial charge < -0.3 is 20.0 Å². The van der Waals surface area contributed by atoms with Gasteiger partial charge in [0.1, 0.15) is 6.54 Å². The van der Waals surface area contributed by atoms with Crippen molar-refractivity contribution in [2.45, 2.75) is 6.54 Å². The molecule has 9 nitrogen and oxygen atoms in total. The van der Waals surface area contributed by atoms with E-state index in [-0.39, 0.29) is 42.3 Å². The number of aromatic nitrogens is 2. The number of amides is 2. The fraction of sp³-hybridized carbons (Fsp3) is 0.400. The second-order valence-electron chi connectivity index (χ2n) is 7.14. The number of nitrogens with zero attached hydrogens (tertiary/aromatic N) is 6. The Morgan fingerprint density at radius 2 is 1.93 bits per heavy atom. The third-order valence-electron chi connectivity index (χ3n) is 4.79. The summed E-state index contributed by atoms with van der Waals surface area (Å²) in [5.74, 6) is 0.668. The van der Waals surface area contributed by atoms with Crippen LogP contribution >= 0.6 is 24.0 Å². The fourth-order valence-electron chi connectivity index (χ4n) is 3.21. The van der Waals surface area contributed by atoms with Gasteiger partial charge in [-0.05, 0) is 17.7 Å². The minimum Gasteiger partial charge on any atom is -0.352 e. The average Bonchev–Trinajstić information content (AvgIpc) is 3.14. The molecule has 3 rings (SSSR count). The Morgan fingerprint density at radius 1 is 1.23 bits per heavy atom. The minimum atomic E-state index is -0.0229. The first kappa shape index (κ1) is 23.6. The van der Waals surface area contributed by atoms with Gasteiger partial charge in [0.2, 0.25) is 5.91 Å². The van der Waals surface area contributed by atoms with Gasteiger partial charge in [0, 0.05) is 59.6 Å². The second-order valence-corrected chi connectivity index (χ2v) is 7.14. The van der Waals surface area contributed by atoms with Crippen LogP contribution in [0.3, 0.4) is 0 Å². The first-order chi connectivity index (χ1) is 13.9. The summed E-state index contributed by atoms with van der Waals surface area (Å²) in [7, 11) is 7.01. The van der Waals surface area contributed by atoms with E-state index in [2.05, 4.69) is 15.4 Å². The largest absolute Gasteiger partial charge is 0.352 e. The normalized spacial score (nSPS) is 14.4. The molecule has 1 N–H and O–H groups in total. The van der Waals surface area contributed by atoms with Crippen LogP contribution < -0.4 is 10.2 Å². The van der Waals surface area contributed by atoms with E-state index >= 15 is 0 Å². The zero-order valence-corrected chi connectivity index (χ0v) is 20.0. The highest BCUT2D eigenvalue weighted by atomic mass is 127. The highest BCUT2D eigenvalue weighted by Gasteiger charge is 2.27. The maximum absolute atomic E-state index is 12.6. The van der Waals surface area contributed by atoms with Crippen molar-refractivity contribution in [2.75, 3.05) is 45.7 Å². The predicted octanol–water partition coefficient (Wildman–Crippen LogP) is 1.16. The van der Waals surface area contributed by atoms with Crippen LogP contribution in [0, 0.1) is 0 Å². The van der Waals surface area contributed by atoms with Crippen LogP contribution in [0.4, 0.5) is 5.69 Å². The number of aryl methyl sites for hydroxylation is 1. The molecule has 10 heteroatoms. The number of hydrogen-bond acceptors (Lipinski definition) is 4. The van der Waals surface area contributed by atoms with Crippen LogP contribution in [0.2, 0.25) is 0 Å². The van der Waals surface area contributed by atoms with Gasteiger partial charge in [0.15, 0.2) is 5.96 Å². The number of guanidine groups is 1. The standard InChI is InChI=1S/C20H27N7O2.HI/c1-21-20(22-11-15-5-7-16(8-6-15)19(29)24(2)3)26-9-10-27(18(28)14-26)17-12-23-25(4)13-17;/h5-8,12-13H,9-11,14H2,1-4H3,(H,21,22);1H. The van der Waals surface area contributed by atoms with Crippen LogP contribution in [-0.4, -0.2) is 78.1 Å². The van der Waals surface area contributed by atoms with Gasteiger partial charge in [-0.1, -0.05) is 12.1 Å². The number of piperazine rings is 1. The third-order valence-corrected chi connectivity index (χ3v) is 4.79. The Balaban J connectivity index is 0.00000320. The summed E-state index contributed by atoms with van der Waals surface area (Å²) in [5, 5.41) is 7.44. The molecule has 0 atom stereocenters. The molecule has 1 fully saturated rings. The Hall–Kier alpha value is -2.63. The van der Waals surface area contributed by atoms with Gasteiger partial charge in [0.25, 0.3) is 5.91 Å². The number of nitrogens with one attached hydrogen (secondary N) is 1. The van der Waals surface area contributed by atoms with E-state index in [1.807, 2.05) is 42.4 Å². The topological polar surface area (TPSA) is 86.1 Å². The summed E-state index contributed by atoms with van der Waals surface area (Å²) in [6.45, 7) is 2.06. The first-order valence-corrected chi connectivity index (χ1v) is 9.44. The van der Waals surface area contributed by atoms with Crippen molar-refractivity contribution in [1.82, 2.24) is 24.9 Å². The SMILES string of the molecule is CN=C(NCc1ccc(C(=O)N(C)C)cc1)N1CCN(c2cnn(C)c2)C(=O)C1.I. The van der Waals surface area contributed by atoms with Crippen molar-refractivity contribution in [3.05, 3.63) is 47.8 Å². The number of benzene rings is 1. The van der Waals surface area contributed by atoms with Gasteiger partial charge in [-0.15, -0.1) is 24.0 Å². The summed E-state index contributed by atoms with van der Waals surface area (Å²) in [5.41, 5.74) is 2.49. The molecule has 162 valence electrons. The molecule has 30 heavy (non-hydrogen) atoms. The van der Waals surface area contributed by atoms with E-state index < -0.39 is 0 Å². The number of carbonyl (C=O) groups excluding carboxylic acids is 2. The van der Waals surface area contributed by atoms with Crippen LogP contribution in [0.5, 0.6) is 0 Å². The fourth-order valence-corrected chi connectivity index (χ4v) is 3.21. The maximum Gasteiger partial charge on any atom is 0.253 e. The zero-order valence-electron chi connectivity index (χ0n) is 17.7. The van der Waals surface area contributed by atoms with E-state index in [9.17, 15) is 9.59 Å². The molecule has 2 amide bonds. The van der Waals surface area contributed by atoms with E-state index in [0.29, 0.717) is 31.2 Å². The molecule has 1 aromatic heterocycles. The first-order valence-electron chi connectivity index (χ1n) is 9.44. The molecule has 0 spiro atoms. The average molecular weight is 525 g/mol. The van der Waals surface area contributed by atoms with Gasteiger partial charge in [0.05, 0.1) is 11.9 Å². The van der Waals surface area contributed by atoms with Crippen molar-refractivity contribution in [1.29, 1.82) is 0 Å². The maximum atomic E-state index is 12.6. The van der Waals surface area contributed by atoms with Gasteiger partial charge in [-0.3, -0.25) is 19.3 Å². The third kappa shape index (κ3) is 5.49. The molecular formula is C20H28IN7O2. The molecule has 0 unspecified atom stereocenters. The predicted molar refractivity (Wildman–Crippen MR) is 127 cm³/mol. The van der Waals surface area contributed by atoms with Crippen molar-refractivity contribution in [3.8, 4) is 0 Å². The smallest absolute Gasteiger partial charge is 0.253 e. The summed E-state index contributed by atoms with van der Waals surface area (Å²) in [6.07, 6.45) is 3.54. The van der Waals surface area contributed by atoms with E-state index in [1.54, 1.807) is 41.8 Å². The lowest BCUT2D eigenvalue weighted by Crippen LogP contribution is -2.55. The molecular weight excluding hydrogens is 497 g/mol. The van der Waals surface area contributed by atoms with Crippen LogP contribution in [0.15, 0.2) is 41.7 Å². The monoisotopic (exact) mass is 525 g/mol. The Kier molecular flexibility index (Phi) is 8.21. The molecule has 0 radical (unpaired) electrons. The number of rotatable bonds is 4. The van der Waals surface area contributed by atoms with E-state index in [1.165, 1.54) is 0 Å². The summed E-state index contributed by atoms with van der Waals surface area (Å²) < 4.78 is 1.69. The van der Waals surface area contributed by atoms with Crippen molar-refractivity contribution in [2.24, 2.45) is 12.0 Å².